The highest BCUT2D eigenvalue weighted by molar-refractivity contribution is 5.85. The van der Waals surface area contributed by atoms with Crippen molar-refractivity contribution in [3.8, 4) is 0 Å². The number of H-pyrrole nitrogens is 1. The van der Waals surface area contributed by atoms with Crippen molar-refractivity contribution in [2.45, 2.75) is 50.2 Å². The number of ether oxygens (including phenoxy) is 1. The van der Waals surface area contributed by atoms with E-state index in [0.29, 0.717) is 12.0 Å². The third-order valence-corrected chi connectivity index (χ3v) is 6.90. The lowest BCUT2D eigenvalue weighted by Gasteiger charge is -2.58. The molecule has 2 aromatic rings. The Kier molecular flexibility index (Phi) is 2.96. The number of nitrogens with one attached hydrogen (secondary N) is 1. The van der Waals surface area contributed by atoms with Gasteiger partial charge < -0.3 is 9.72 Å². The highest BCUT2D eigenvalue weighted by Crippen LogP contribution is 2.53. The minimum atomic E-state index is 0.0464. The molecule has 5 atom stereocenters. The van der Waals surface area contributed by atoms with Gasteiger partial charge in [0.15, 0.2) is 0 Å². The normalized spacial score (nSPS) is 38.5. The first-order chi connectivity index (χ1) is 11.3. The van der Waals surface area contributed by atoms with Gasteiger partial charge in [-0.3, -0.25) is 4.90 Å². The molecule has 1 aliphatic carbocycles. The third-order valence-electron chi connectivity index (χ3n) is 6.90. The van der Waals surface area contributed by atoms with E-state index in [2.05, 4.69) is 41.1 Å². The van der Waals surface area contributed by atoms with Crippen LogP contribution in [0.15, 0.2) is 24.3 Å². The molecule has 3 nitrogen and oxygen atoms in total. The van der Waals surface area contributed by atoms with Gasteiger partial charge in [0.25, 0.3) is 0 Å². The van der Waals surface area contributed by atoms with Crippen LogP contribution in [-0.2, 0) is 11.2 Å². The zero-order valence-corrected chi connectivity index (χ0v) is 14.1. The van der Waals surface area contributed by atoms with Crippen LogP contribution in [0.5, 0.6) is 0 Å². The number of para-hydroxylation sites is 1. The molecule has 3 heteroatoms. The third kappa shape index (κ3) is 1.78. The number of rotatable bonds is 2. The van der Waals surface area contributed by atoms with Crippen LogP contribution in [0.1, 0.15) is 43.4 Å². The number of aromatic nitrogens is 1. The zero-order valence-electron chi connectivity index (χ0n) is 14.1. The zero-order chi connectivity index (χ0) is 15.6. The maximum absolute atomic E-state index is 6.19. The molecule has 1 saturated carbocycles. The second kappa shape index (κ2) is 4.84. The van der Waals surface area contributed by atoms with Crippen molar-refractivity contribution in [2.24, 2.45) is 5.92 Å². The number of hydrogen-bond acceptors (Lipinski definition) is 2. The van der Waals surface area contributed by atoms with Crippen LogP contribution < -0.4 is 0 Å². The molecule has 122 valence electrons. The second-order valence-corrected chi connectivity index (χ2v) is 7.79. The first-order valence-corrected chi connectivity index (χ1v) is 9.14. The minimum Gasteiger partial charge on any atom is -0.377 e. The van der Waals surface area contributed by atoms with Crippen molar-refractivity contribution in [1.82, 2.24) is 9.88 Å². The molecule has 3 aliphatic heterocycles. The summed E-state index contributed by atoms with van der Waals surface area (Å²) in [5.41, 5.74) is 4.44. The fourth-order valence-corrected chi connectivity index (χ4v) is 5.99. The summed E-state index contributed by atoms with van der Waals surface area (Å²) in [4.78, 5) is 6.55. The molecule has 6 rings (SSSR count). The van der Waals surface area contributed by atoms with Crippen molar-refractivity contribution in [1.29, 1.82) is 0 Å². The van der Waals surface area contributed by atoms with Crippen LogP contribution in [0.25, 0.3) is 10.9 Å². The van der Waals surface area contributed by atoms with Crippen LogP contribution in [0.2, 0.25) is 0 Å². The fourth-order valence-electron chi connectivity index (χ4n) is 5.99. The van der Waals surface area contributed by atoms with Crippen molar-refractivity contribution in [2.75, 3.05) is 20.2 Å². The molecule has 0 spiro atoms. The molecule has 4 heterocycles. The second-order valence-electron chi connectivity index (χ2n) is 7.79. The van der Waals surface area contributed by atoms with Gasteiger partial charge in [-0.05, 0) is 43.2 Å². The molecule has 0 radical (unpaired) electrons. The summed E-state index contributed by atoms with van der Waals surface area (Å²) < 4.78 is 6.19. The maximum atomic E-state index is 6.19. The molecule has 3 fully saturated rings. The van der Waals surface area contributed by atoms with Gasteiger partial charge in [0.1, 0.15) is 0 Å². The molecule has 23 heavy (non-hydrogen) atoms. The number of piperidine rings is 2. The van der Waals surface area contributed by atoms with Crippen LogP contribution in [0.4, 0.5) is 0 Å². The molecule has 4 bridgehead atoms. The molecule has 4 aliphatic rings. The summed E-state index contributed by atoms with van der Waals surface area (Å²) in [5.74, 6) is 1.38. The maximum Gasteiger partial charge on any atom is 0.0840 e. The Hall–Kier alpha value is -1.32. The van der Waals surface area contributed by atoms with Crippen molar-refractivity contribution >= 4 is 10.9 Å². The van der Waals surface area contributed by atoms with Crippen LogP contribution in [0, 0.1) is 5.92 Å². The van der Waals surface area contributed by atoms with Crippen LogP contribution >= 0.6 is 0 Å². The molecule has 1 aromatic carbocycles. The quantitative estimate of drug-likeness (QED) is 0.916. The van der Waals surface area contributed by atoms with Gasteiger partial charge in [-0.25, -0.2) is 0 Å². The summed E-state index contributed by atoms with van der Waals surface area (Å²) in [6.07, 6.45) is 4.86. The lowest BCUT2D eigenvalue weighted by atomic mass is 9.62. The summed E-state index contributed by atoms with van der Waals surface area (Å²) in [7, 11) is 1.93. The molecule has 1 unspecified atom stereocenters. The van der Waals surface area contributed by atoms with Gasteiger partial charge in [0, 0.05) is 48.8 Å². The Morgan fingerprint density at radius 1 is 1.35 bits per heavy atom. The minimum absolute atomic E-state index is 0.0464. The summed E-state index contributed by atoms with van der Waals surface area (Å²) in [6, 6.07) is 9.37. The van der Waals surface area contributed by atoms with Gasteiger partial charge in [-0.1, -0.05) is 25.1 Å². The predicted octanol–water partition coefficient (Wildman–Crippen LogP) is 3.70. The molecular formula is C20H26N2O. The van der Waals surface area contributed by atoms with E-state index in [4.69, 9.17) is 4.74 Å². The highest BCUT2D eigenvalue weighted by atomic mass is 16.5. The Morgan fingerprint density at radius 3 is 3.04 bits per heavy atom. The molecule has 1 N–H and O–H groups in total. The number of fused-ring (bicyclic) bond motifs is 4. The fraction of sp³-hybridized carbons (Fsp3) is 0.600. The molecule has 0 amide bonds. The smallest absolute Gasteiger partial charge is 0.0840 e. The highest BCUT2D eigenvalue weighted by Gasteiger charge is 2.56. The lowest BCUT2D eigenvalue weighted by Crippen LogP contribution is -2.66. The average molecular weight is 310 g/mol. The van der Waals surface area contributed by atoms with Gasteiger partial charge in [-0.2, -0.15) is 0 Å². The summed E-state index contributed by atoms with van der Waals surface area (Å²) in [5, 5.41) is 1.44. The first-order valence-electron chi connectivity index (χ1n) is 9.14. The molecule has 2 saturated heterocycles. The molecule has 1 aromatic heterocycles. The van der Waals surface area contributed by atoms with Crippen molar-refractivity contribution in [3.63, 3.8) is 0 Å². The SMILES string of the molecule is CC[C@@]1(OC)C[C@@H]2C[C@H]3c4[nH]c5ccccc5c4CCN(C2)[C@H]31. The predicted molar refractivity (Wildman–Crippen MR) is 92.9 cm³/mol. The lowest BCUT2D eigenvalue weighted by molar-refractivity contribution is -0.160. The monoisotopic (exact) mass is 310 g/mol. The summed E-state index contributed by atoms with van der Waals surface area (Å²) >= 11 is 0. The topological polar surface area (TPSA) is 28.3 Å². The van der Waals surface area contributed by atoms with E-state index in [-0.39, 0.29) is 5.60 Å². The van der Waals surface area contributed by atoms with Gasteiger partial charge >= 0.3 is 0 Å². The van der Waals surface area contributed by atoms with E-state index in [1.165, 1.54) is 48.9 Å². The number of hydrogen-bond donors (Lipinski definition) is 1. The van der Waals surface area contributed by atoms with E-state index >= 15 is 0 Å². The van der Waals surface area contributed by atoms with Crippen molar-refractivity contribution in [3.05, 3.63) is 35.5 Å². The Morgan fingerprint density at radius 2 is 2.22 bits per heavy atom. The van der Waals surface area contributed by atoms with Crippen LogP contribution in [0.3, 0.4) is 0 Å². The Bertz CT molecular complexity index is 745. The van der Waals surface area contributed by atoms with E-state index in [1.807, 2.05) is 7.11 Å². The number of benzene rings is 1. The number of nitrogens with zero attached hydrogens (tertiary/aromatic N) is 1. The largest absolute Gasteiger partial charge is 0.377 e. The Labute approximate surface area is 138 Å². The van der Waals surface area contributed by atoms with Gasteiger partial charge in [0.2, 0.25) is 0 Å². The molecular weight excluding hydrogens is 284 g/mol. The number of aromatic amines is 1. The first kappa shape index (κ1) is 14.1. The van der Waals surface area contributed by atoms with Crippen LogP contribution in [-0.4, -0.2) is 41.7 Å². The Balaban J connectivity index is 1.70. The number of methoxy groups -OCH3 is 1. The summed E-state index contributed by atoms with van der Waals surface area (Å²) in [6.45, 7) is 4.76. The van der Waals surface area contributed by atoms with Gasteiger partial charge in [0.05, 0.1) is 5.60 Å². The van der Waals surface area contributed by atoms with E-state index in [9.17, 15) is 0 Å². The van der Waals surface area contributed by atoms with Gasteiger partial charge in [-0.15, -0.1) is 0 Å². The van der Waals surface area contributed by atoms with Crippen molar-refractivity contribution < 1.29 is 4.74 Å². The van der Waals surface area contributed by atoms with E-state index < -0.39 is 0 Å². The average Bonchev–Trinajstić information content (AvgIpc) is 2.93. The standard InChI is InChI=1S/C20H26N2O/c1-3-20(23-2)11-13-10-16-18-15(8-9-22(12-13)19(16)20)14-6-4-5-7-17(14)21-18/h4-7,13,16,19,21H,3,8-12H2,1-2H3/t13-,16-,19+,20+/m0/s1. The van der Waals surface area contributed by atoms with E-state index in [0.717, 1.165) is 12.3 Å². The van der Waals surface area contributed by atoms with E-state index in [1.54, 1.807) is 5.56 Å².